The van der Waals surface area contributed by atoms with Crippen LogP contribution in [0.4, 0.5) is 4.79 Å². The Hall–Kier alpha value is -1.56. The number of hydrogen-bond acceptors (Lipinski definition) is 4. The molecule has 0 saturated heterocycles. The van der Waals surface area contributed by atoms with Crippen molar-refractivity contribution in [2.45, 2.75) is 52.3 Å². The monoisotopic (exact) mass is 282 g/mol. The predicted octanol–water partition coefficient (Wildman–Crippen LogP) is 1.81. The van der Waals surface area contributed by atoms with Crippen molar-refractivity contribution >= 4 is 6.09 Å². The van der Waals surface area contributed by atoms with Crippen molar-refractivity contribution in [2.75, 3.05) is 6.54 Å². The van der Waals surface area contributed by atoms with Crippen LogP contribution in [0.5, 0.6) is 0 Å². The third-order valence-corrected chi connectivity index (χ3v) is 2.75. The molecule has 0 bridgehead atoms. The second-order valence-electron chi connectivity index (χ2n) is 5.96. The van der Waals surface area contributed by atoms with Gasteiger partial charge in [0.25, 0.3) is 0 Å². The highest BCUT2D eigenvalue weighted by atomic mass is 16.6. The highest BCUT2D eigenvalue weighted by molar-refractivity contribution is 5.67. The van der Waals surface area contributed by atoms with Crippen LogP contribution in [0, 0.1) is 0 Å². The van der Waals surface area contributed by atoms with E-state index in [-0.39, 0.29) is 12.1 Å². The summed E-state index contributed by atoms with van der Waals surface area (Å²) in [7, 11) is 1.92. The Morgan fingerprint density at radius 1 is 1.50 bits per heavy atom. The van der Waals surface area contributed by atoms with Crippen molar-refractivity contribution in [1.82, 2.24) is 20.4 Å². The first-order chi connectivity index (χ1) is 9.28. The van der Waals surface area contributed by atoms with Gasteiger partial charge in [-0.15, -0.1) is 0 Å². The van der Waals surface area contributed by atoms with Crippen LogP contribution in [-0.2, 0) is 18.3 Å². The molecular weight excluding hydrogens is 256 g/mol. The van der Waals surface area contributed by atoms with Gasteiger partial charge in [-0.05, 0) is 46.7 Å². The molecule has 2 N–H and O–H groups in total. The summed E-state index contributed by atoms with van der Waals surface area (Å²) in [5, 5.41) is 10.3. The fourth-order valence-corrected chi connectivity index (χ4v) is 1.69. The fraction of sp³-hybridized carbons (Fsp3) is 0.714. The van der Waals surface area contributed by atoms with Crippen molar-refractivity contribution in [1.29, 1.82) is 0 Å². The largest absolute Gasteiger partial charge is 0.444 e. The zero-order chi connectivity index (χ0) is 15.2. The molecule has 0 aliphatic rings. The van der Waals surface area contributed by atoms with E-state index in [4.69, 9.17) is 4.74 Å². The number of hydrogen-bond donors (Lipinski definition) is 2. The summed E-state index contributed by atoms with van der Waals surface area (Å²) in [6, 6.07) is 2.05. The second-order valence-corrected chi connectivity index (χ2v) is 5.96. The number of amides is 1. The molecule has 114 valence electrons. The van der Waals surface area contributed by atoms with E-state index in [0.717, 1.165) is 25.2 Å². The number of ether oxygens (including phenoxy) is 1. The average molecular weight is 282 g/mol. The first-order valence-corrected chi connectivity index (χ1v) is 6.95. The van der Waals surface area contributed by atoms with Crippen LogP contribution in [0.15, 0.2) is 12.3 Å². The van der Waals surface area contributed by atoms with Gasteiger partial charge >= 0.3 is 6.09 Å². The molecule has 6 nitrogen and oxygen atoms in total. The lowest BCUT2D eigenvalue weighted by Gasteiger charge is -2.22. The van der Waals surface area contributed by atoms with Gasteiger partial charge in [0.05, 0.1) is 5.69 Å². The lowest BCUT2D eigenvalue weighted by atomic mass is 10.2. The third-order valence-electron chi connectivity index (χ3n) is 2.75. The lowest BCUT2D eigenvalue weighted by Crippen LogP contribution is -2.38. The maximum atomic E-state index is 11.6. The number of carbonyl (C=O) groups is 1. The third kappa shape index (κ3) is 6.56. The minimum absolute atomic E-state index is 0.0730. The molecule has 1 amide bonds. The molecule has 0 aromatic carbocycles. The van der Waals surface area contributed by atoms with E-state index in [1.54, 1.807) is 6.20 Å². The number of aromatic nitrogens is 2. The summed E-state index contributed by atoms with van der Waals surface area (Å²) in [4.78, 5) is 11.6. The van der Waals surface area contributed by atoms with Crippen LogP contribution in [0.2, 0.25) is 0 Å². The molecule has 20 heavy (non-hydrogen) atoms. The van der Waals surface area contributed by atoms with Gasteiger partial charge in [-0.25, -0.2) is 4.79 Å². The van der Waals surface area contributed by atoms with E-state index >= 15 is 0 Å². The lowest BCUT2D eigenvalue weighted by molar-refractivity contribution is 0.0506. The summed E-state index contributed by atoms with van der Waals surface area (Å²) in [5.74, 6) is 0. The Bertz CT molecular complexity index is 423. The normalized spacial score (nSPS) is 13.1. The van der Waals surface area contributed by atoms with Crippen molar-refractivity contribution in [2.24, 2.45) is 7.05 Å². The van der Waals surface area contributed by atoms with Crippen LogP contribution in [0.3, 0.4) is 0 Å². The van der Waals surface area contributed by atoms with Gasteiger partial charge in [-0.2, -0.15) is 5.10 Å². The van der Waals surface area contributed by atoms with Gasteiger partial charge in [0, 0.05) is 25.8 Å². The molecule has 0 aliphatic carbocycles. The van der Waals surface area contributed by atoms with E-state index in [1.807, 2.05) is 45.5 Å². The summed E-state index contributed by atoms with van der Waals surface area (Å²) >= 11 is 0. The standard InChI is InChI=1S/C14H26N4O2/c1-11(17-13(19)20-14(2,3)4)6-8-15-10-12-7-9-16-18(12)5/h7,9,11,15H,6,8,10H2,1-5H3,(H,17,19). The topological polar surface area (TPSA) is 68.2 Å². The summed E-state index contributed by atoms with van der Waals surface area (Å²) in [6.07, 6.45) is 2.26. The molecule has 0 saturated carbocycles. The zero-order valence-corrected chi connectivity index (χ0v) is 13.1. The van der Waals surface area contributed by atoms with Crippen LogP contribution in [0.1, 0.15) is 39.8 Å². The van der Waals surface area contributed by atoms with Crippen molar-refractivity contribution in [3.05, 3.63) is 18.0 Å². The Kier molecular flexibility index (Phi) is 6.01. The van der Waals surface area contributed by atoms with Crippen molar-refractivity contribution in [3.63, 3.8) is 0 Å². The highest BCUT2D eigenvalue weighted by Gasteiger charge is 2.17. The van der Waals surface area contributed by atoms with E-state index < -0.39 is 5.60 Å². The van der Waals surface area contributed by atoms with Crippen LogP contribution >= 0.6 is 0 Å². The Labute approximate surface area is 120 Å². The maximum Gasteiger partial charge on any atom is 0.407 e. The average Bonchev–Trinajstić information content (AvgIpc) is 2.67. The van der Waals surface area contributed by atoms with E-state index in [9.17, 15) is 4.79 Å². The summed E-state index contributed by atoms with van der Waals surface area (Å²) in [5.41, 5.74) is 0.680. The molecule has 1 unspecified atom stereocenters. The molecule has 0 spiro atoms. The zero-order valence-electron chi connectivity index (χ0n) is 13.1. The fourth-order valence-electron chi connectivity index (χ4n) is 1.69. The Morgan fingerprint density at radius 3 is 2.75 bits per heavy atom. The van der Waals surface area contributed by atoms with Gasteiger partial charge < -0.3 is 15.4 Å². The molecule has 1 rings (SSSR count). The highest BCUT2D eigenvalue weighted by Crippen LogP contribution is 2.07. The Morgan fingerprint density at radius 2 is 2.20 bits per heavy atom. The first kappa shape index (κ1) is 16.5. The van der Waals surface area contributed by atoms with Crippen molar-refractivity contribution < 1.29 is 9.53 Å². The molecular formula is C14H26N4O2. The molecule has 6 heteroatoms. The number of aryl methyl sites for hydroxylation is 1. The molecule has 1 heterocycles. The molecule has 0 fully saturated rings. The van der Waals surface area contributed by atoms with E-state index in [1.165, 1.54) is 0 Å². The first-order valence-electron chi connectivity index (χ1n) is 6.95. The van der Waals surface area contributed by atoms with Gasteiger partial charge in [0.2, 0.25) is 0 Å². The molecule has 1 atom stereocenters. The van der Waals surface area contributed by atoms with E-state index in [2.05, 4.69) is 15.7 Å². The number of rotatable bonds is 6. The van der Waals surface area contributed by atoms with Crippen molar-refractivity contribution in [3.8, 4) is 0 Å². The molecule has 1 aromatic rings. The molecule has 0 aliphatic heterocycles. The SMILES string of the molecule is CC(CCNCc1ccnn1C)NC(=O)OC(C)(C)C. The number of nitrogens with zero attached hydrogens (tertiary/aromatic N) is 2. The van der Waals surface area contributed by atoms with Crippen LogP contribution in [-0.4, -0.2) is 34.1 Å². The van der Waals surface area contributed by atoms with E-state index in [0.29, 0.717) is 0 Å². The number of carbonyl (C=O) groups excluding carboxylic acids is 1. The minimum Gasteiger partial charge on any atom is -0.444 e. The van der Waals surface area contributed by atoms with Crippen LogP contribution < -0.4 is 10.6 Å². The van der Waals surface area contributed by atoms with Gasteiger partial charge in [-0.1, -0.05) is 0 Å². The predicted molar refractivity (Wildman–Crippen MR) is 78.4 cm³/mol. The quantitative estimate of drug-likeness (QED) is 0.781. The number of nitrogens with one attached hydrogen (secondary N) is 2. The summed E-state index contributed by atoms with van der Waals surface area (Å²) in [6.45, 7) is 9.12. The Balaban J connectivity index is 2.15. The molecule has 0 radical (unpaired) electrons. The molecule has 1 aromatic heterocycles. The number of alkyl carbamates (subject to hydrolysis) is 1. The van der Waals surface area contributed by atoms with Gasteiger partial charge in [0.15, 0.2) is 0 Å². The minimum atomic E-state index is -0.457. The second kappa shape index (κ2) is 7.28. The van der Waals surface area contributed by atoms with Gasteiger partial charge in [-0.3, -0.25) is 4.68 Å². The smallest absolute Gasteiger partial charge is 0.407 e. The van der Waals surface area contributed by atoms with Crippen LogP contribution in [0.25, 0.3) is 0 Å². The summed E-state index contributed by atoms with van der Waals surface area (Å²) < 4.78 is 7.05. The van der Waals surface area contributed by atoms with Gasteiger partial charge in [0.1, 0.15) is 5.60 Å². The maximum absolute atomic E-state index is 11.6.